The second kappa shape index (κ2) is 14.8. The fourth-order valence-electron chi connectivity index (χ4n) is 5.70. The molecule has 0 nitrogen and oxygen atoms in total. The third-order valence-corrected chi connectivity index (χ3v) is 12.4. The molecule has 0 amide bonds. The summed E-state index contributed by atoms with van der Waals surface area (Å²) in [6.07, 6.45) is 13.3. The van der Waals surface area contributed by atoms with E-state index < -0.39 is 7.26 Å². The van der Waals surface area contributed by atoms with E-state index in [-0.39, 0.29) is 0 Å². The van der Waals surface area contributed by atoms with Gasteiger partial charge in [-0.25, -0.2) is 0 Å². The Labute approximate surface area is 248 Å². The van der Waals surface area contributed by atoms with Crippen LogP contribution in [0.5, 0.6) is 0 Å². The molecule has 0 aromatic heterocycles. The van der Waals surface area contributed by atoms with Crippen molar-refractivity contribution in [3.8, 4) is 0 Å². The molecule has 0 fully saturated rings. The normalized spacial score (nSPS) is 11.6. The highest BCUT2D eigenvalue weighted by Gasteiger charge is 2.45. The molecule has 0 aliphatic carbocycles. The quantitative estimate of drug-likeness (QED) is 0.0773. The van der Waals surface area contributed by atoms with Crippen molar-refractivity contribution >= 4 is 35.3 Å². The zero-order valence-corrected chi connectivity index (χ0v) is 25.2. The first kappa shape index (κ1) is 28.8. The molecule has 0 saturated heterocycles. The van der Waals surface area contributed by atoms with E-state index in [1.165, 1.54) is 76.7 Å². The summed E-state index contributed by atoms with van der Waals surface area (Å²) in [4.78, 5) is 0. The maximum atomic E-state index is 2.32. The van der Waals surface area contributed by atoms with Gasteiger partial charge in [-0.2, -0.15) is 0 Å². The number of benzene rings is 5. The monoisotopic (exact) mass is 553 g/mol. The minimum Gasteiger partial charge on any atom is -0.0654 e. The van der Waals surface area contributed by atoms with E-state index in [0.29, 0.717) is 0 Å². The Kier molecular flexibility index (Phi) is 10.4. The van der Waals surface area contributed by atoms with E-state index in [0.717, 1.165) is 6.16 Å². The van der Waals surface area contributed by atoms with Crippen LogP contribution in [-0.2, 0) is 12.6 Å². The summed E-state index contributed by atoms with van der Waals surface area (Å²) >= 11 is 0. The van der Waals surface area contributed by atoms with Crippen LogP contribution >= 0.6 is 7.26 Å². The van der Waals surface area contributed by atoms with Crippen LogP contribution in [0.15, 0.2) is 140 Å². The lowest BCUT2D eigenvalue weighted by Gasteiger charge is -2.28. The summed E-state index contributed by atoms with van der Waals surface area (Å²) in [5.74, 6) is 0. The lowest BCUT2D eigenvalue weighted by atomic mass is 10.0. The molecule has 0 aliphatic heterocycles. The molecular weight excluding hydrogens is 511 g/mol. The standard InChI is InChI=1S/C40H42P/c1-2-3-4-5-9-16-34-23-25-35(26-24-34)27-28-36-29-31-37(32-30-36)33-41(38-17-10-6-11-18-38,39-19-12-7-13-20-39)40-21-14-8-15-22-40/h6-8,10-15,17-32H,2-5,9,16,33H2,1H3/q+1. The van der Waals surface area contributed by atoms with E-state index in [9.17, 15) is 0 Å². The molecule has 0 aliphatic rings. The van der Waals surface area contributed by atoms with Gasteiger partial charge in [-0.05, 0) is 71.5 Å². The minimum atomic E-state index is -1.89. The number of unbranched alkanes of at least 4 members (excludes halogenated alkanes) is 4. The Morgan fingerprint density at radius 3 is 1.29 bits per heavy atom. The molecule has 0 atom stereocenters. The van der Waals surface area contributed by atoms with E-state index in [4.69, 9.17) is 0 Å². The third kappa shape index (κ3) is 7.52. The highest BCUT2D eigenvalue weighted by Crippen LogP contribution is 2.58. The van der Waals surface area contributed by atoms with E-state index in [2.05, 4.69) is 159 Å². The van der Waals surface area contributed by atoms with Gasteiger partial charge in [0.15, 0.2) is 0 Å². The Balaban J connectivity index is 1.35. The fourth-order valence-corrected chi connectivity index (χ4v) is 9.94. The molecule has 0 radical (unpaired) electrons. The van der Waals surface area contributed by atoms with Gasteiger partial charge < -0.3 is 0 Å². The molecule has 0 bridgehead atoms. The lowest BCUT2D eigenvalue weighted by Crippen LogP contribution is -2.32. The second-order valence-corrected chi connectivity index (χ2v) is 14.4. The summed E-state index contributed by atoms with van der Waals surface area (Å²) in [5.41, 5.74) is 5.31. The predicted molar refractivity (Wildman–Crippen MR) is 183 cm³/mol. The molecule has 1 heteroatoms. The summed E-state index contributed by atoms with van der Waals surface area (Å²) < 4.78 is 0. The SMILES string of the molecule is CCCCCCCc1ccc(C=Cc2ccc(C[P+](c3ccccc3)(c3ccccc3)c3ccccc3)cc2)cc1. The first-order valence-electron chi connectivity index (χ1n) is 15.2. The number of aryl methyl sites for hydroxylation is 1. The Morgan fingerprint density at radius 1 is 0.439 bits per heavy atom. The van der Waals surface area contributed by atoms with Crippen molar-refractivity contribution in [3.63, 3.8) is 0 Å². The van der Waals surface area contributed by atoms with Gasteiger partial charge in [0.25, 0.3) is 0 Å². The van der Waals surface area contributed by atoms with Crippen molar-refractivity contribution < 1.29 is 0 Å². The predicted octanol–water partition coefficient (Wildman–Crippen LogP) is 9.86. The van der Waals surface area contributed by atoms with Gasteiger partial charge in [0.05, 0.1) is 6.16 Å². The number of hydrogen-bond acceptors (Lipinski definition) is 0. The van der Waals surface area contributed by atoms with Crippen molar-refractivity contribution in [2.75, 3.05) is 0 Å². The van der Waals surface area contributed by atoms with Gasteiger partial charge in [-0.3, -0.25) is 0 Å². The number of rotatable bonds is 13. The van der Waals surface area contributed by atoms with Crippen molar-refractivity contribution in [2.45, 2.75) is 51.6 Å². The first-order chi connectivity index (χ1) is 20.3. The topological polar surface area (TPSA) is 0 Å². The maximum absolute atomic E-state index is 2.32. The highest BCUT2D eigenvalue weighted by atomic mass is 31.2. The maximum Gasteiger partial charge on any atom is 0.116 e. The molecule has 206 valence electrons. The van der Waals surface area contributed by atoms with E-state index in [1.807, 2.05) is 0 Å². The number of hydrogen-bond donors (Lipinski definition) is 0. The summed E-state index contributed by atoms with van der Waals surface area (Å²) in [6, 6.07) is 51.7. The second-order valence-electron chi connectivity index (χ2n) is 11.0. The van der Waals surface area contributed by atoms with Gasteiger partial charge in [-0.15, -0.1) is 0 Å². The van der Waals surface area contributed by atoms with Gasteiger partial charge in [0, 0.05) is 0 Å². The molecule has 5 aromatic carbocycles. The van der Waals surface area contributed by atoms with Crippen LogP contribution in [0, 0.1) is 0 Å². The zero-order valence-electron chi connectivity index (χ0n) is 24.3. The van der Waals surface area contributed by atoms with Gasteiger partial charge >= 0.3 is 0 Å². The largest absolute Gasteiger partial charge is 0.116 e. The van der Waals surface area contributed by atoms with Crippen LogP contribution in [0.4, 0.5) is 0 Å². The molecule has 5 rings (SSSR count). The van der Waals surface area contributed by atoms with Gasteiger partial charge in [0.2, 0.25) is 0 Å². The third-order valence-electron chi connectivity index (χ3n) is 8.01. The van der Waals surface area contributed by atoms with Gasteiger partial charge in [-0.1, -0.05) is 148 Å². The first-order valence-corrected chi connectivity index (χ1v) is 17.2. The van der Waals surface area contributed by atoms with Crippen LogP contribution in [0.25, 0.3) is 12.2 Å². The van der Waals surface area contributed by atoms with Crippen LogP contribution in [0.2, 0.25) is 0 Å². The molecule has 0 N–H and O–H groups in total. The van der Waals surface area contributed by atoms with Crippen molar-refractivity contribution in [3.05, 3.63) is 162 Å². The molecule has 41 heavy (non-hydrogen) atoms. The molecule has 5 aromatic rings. The van der Waals surface area contributed by atoms with Crippen LogP contribution in [0.3, 0.4) is 0 Å². The van der Waals surface area contributed by atoms with Crippen LogP contribution in [0.1, 0.15) is 61.3 Å². The lowest BCUT2D eigenvalue weighted by molar-refractivity contribution is 0.632. The Bertz CT molecular complexity index is 1370. The van der Waals surface area contributed by atoms with E-state index in [1.54, 1.807) is 0 Å². The van der Waals surface area contributed by atoms with Crippen LogP contribution in [-0.4, -0.2) is 0 Å². The highest BCUT2D eigenvalue weighted by molar-refractivity contribution is 7.95. The minimum absolute atomic E-state index is 0.995. The Morgan fingerprint density at radius 2 is 0.854 bits per heavy atom. The average Bonchev–Trinajstić information content (AvgIpc) is 3.05. The summed E-state index contributed by atoms with van der Waals surface area (Å²) in [6.45, 7) is 2.27. The molecule has 0 spiro atoms. The molecule has 0 heterocycles. The van der Waals surface area contributed by atoms with E-state index >= 15 is 0 Å². The smallest absolute Gasteiger partial charge is 0.0654 e. The molecule has 0 saturated carbocycles. The van der Waals surface area contributed by atoms with Crippen molar-refractivity contribution in [2.24, 2.45) is 0 Å². The van der Waals surface area contributed by atoms with Crippen molar-refractivity contribution in [1.82, 2.24) is 0 Å². The average molecular weight is 554 g/mol. The van der Waals surface area contributed by atoms with Gasteiger partial charge in [0.1, 0.15) is 23.2 Å². The molecule has 0 unspecified atom stereocenters. The summed E-state index contributed by atoms with van der Waals surface area (Å²) in [5, 5.41) is 4.27. The Hall–Kier alpha value is -3.73. The fraction of sp³-hybridized carbons (Fsp3) is 0.200. The summed E-state index contributed by atoms with van der Waals surface area (Å²) in [7, 11) is -1.89. The molecular formula is C40H42P+. The zero-order chi connectivity index (χ0) is 28.2. The van der Waals surface area contributed by atoms with Crippen LogP contribution < -0.4 is 15.9 Å². The van der Waals surface area contributed by atoms with Crippen molar-refractivity contribution in [1.29, 1.82) is 0 Å².